The summed E-state index contributed by atoms with van der Waals surface area (Å²) in [6.45, 7) is 2.92. The summed E-state index contributed by atoms with van der Waals surface area (Å²) < 4.78 is 0. The standard InChI is InChI=1S/C24H21N5O/c1-17(29-26-23(25-27-29)18-9-3-2-4-10-18)24(30)28-15-19-11-5-7-13-21(19)22-14-8-6-12-20(22)16-28/h2-14,17H,15-16H2,1H3. The molecule has 148 valence electrons. The summed E-state index contributed by atoms with van der Waals surface area (Å²) in [4.78, 5) is 16.7. The Labute approximate surface area is 174 Å². The van der Waals surface area contributed by atoms with E-state index in [4.69, 9.17) is 0 Å². The summed E-state index contributed by atoms with van der Waals surface area (Å²) >= 11 is 0. The fraction of sp³-hybridized carbons (Fsp3) is 0.167. The summed E-state index contributed by atoms with van der Waals surface area (Å²) in [7, 11) is 0. The van der Waals surface area contributed by atoms with Gasteiger partial charge in [0.2, 0.25) is 11.7 Å². The third-order valence-electron chi connectivity index (χ3n) is 5.52. The number of benzene rings is 3. The summed E-state index contributed by atoms with van der Waals surface area (Å²) in [6, 6.07) is 25.6. The molecule has 0 saturated heterocycles. The lowest BCUT2D eigenvalue weighted by molar-refractivity contribution is -0.136. The minimum absolute atomic E-state index is 0.0292. The molecule has 1 atom stereocenters. The Morgan fingerprint density at radius 2 is 1.40 bits per heavy atom. The van der Waals surface area contributed by atoms with Gasteiger partial charge in [-0.2, -0.15) is 4.80 Å². The Balaban J connectivity index is 1.45. The van der Waals surface area contributed by atoms with E-state index < -0.39 is 6.04 Å². The molecule has 0 bridgehead atoms. The van der Waals surface area contributed by atoms with Crippen molar-refractivity contribution in [3.8, 4) is 22.5 Å². The Morgan fingerprint density at radius 3 is 2.03 bits per heavy atom. The summed E-state index contributed by atoms with van der Waals surface area (Å²) in [5.74, 6) is 0.486. The van der Waals surface area contributed by atoms with E-state index in [1.165, 1.54) is 15.9 Å². The van der Waals surface area contributed by atoms with E-state index in [0.29, 0.717) is 18.9 Å². The van der Waals surface area contributed by atoms with Crippen LogP contribution in [0.3, 0.4) is 0 Å². The molecule has 0 spiro atoms. The van der Waals surface area contributed by atoms with Crippen molar-refractivity contribution >= 4 is 5.91 Å². The second kappa shape index (κ2) is 7.55. The van der Waals surface area contributed by atoms with Gasteiger partial charge in [0.15, 0.2) is 0 Å². The Hall–Kier alpha value is -3.80. The van der Waals surface area contributed by atoms with Crippen LogP contribution < -0.4 is 0 Å². The van der Waals surface area contributed by atoms with Gasteiger partial charge in [-0.1, -0.05) is 78.9 Å². The van der Waals surface area contributed by atoms with Crippen LogP contribution in [0, 0.1) is 0 Å². The van der Waals surface area contributed by atoms with Crippen LogP contribution in [-0.4, -0.2) is 31.0 Å². The smallest absolute Gasteiger partial charge is 0.249 e. The van der Waals surface area contributed by atoms with Gasteiger partial charge in [0, 0.05) is 18.7 Å². The highest BCUT2D eigenvalue weighted by molar-refractivity contribution is 5.82. The number of amides is 1. The molecule has 0 radical (unpaired) electrons. The molecule has 1 amide bonds. The van der Waals surface area contributed by atoms with E-state index in [-0.39, 0.29) is 5.91 Å². The average molecular weight is 395 g/mol. The first-order chi connectivity index (χ1) is 14.7. The molecule has 0 aliphatic carbocycles. The number of tetrazole rings is 1. The van der Waals surface area contributed by atoms with Gasteiger partial charge in [-0.25, -0.2) is 0 Å². The molecule has 1 aliphatic heterocycles. The maximum absolute atomic E-state index is 13.4. The largest absolute Gasteiger partial charge is 0.332 e. The molecular formula is C24H21N5O. The first-order valence-electron chi connectivity index (χ1n) is 10.0. The quantitative estimate of drug-likeness (QED) is 0.524. The highest BCUT2D eigenvalue weighted by atomic mass is 16.2. The zero-order chi connectivity index (χ0) is 20.5. The normalized spacial score (nSPS) is 13.8. The molecule has 3 aromatic carbocycles. The first kappa shape index (κ1) is 18.2. The molecule has 6 heteroatoms. The maximum atomic E-state index is 13.4. The SMILES string of the molecule is CC(C(=O)N1Cc2ccccc2-c2ccccc2C1)n1nnc(-c2ccccc2)n1. The zero-order valence-corrected chi connectivity index (χ0v) is 16.6. The van der Waals surface area contributed by atoms with Crippen molar-refractivity contribution < 1.29 is 4.79 Å². The number of fused-ring (bicyclic) bond motifs is 3. The molecule has 4 aromatic rings. The van der Waals surface area contributed by atoms with Crippen molar-refractivity contribution in [2.24, 2.45) is 0 Å². The molecule has 6 nitrogen and oxygen atoms in total. The van der Waals surface area contributed by atoms with Crippen LogP contribution in [0.1, 0.15) is 24.1 Å². The predicted octanol–water partition coefficient (Wildman–Crippen LogP) is 4.11. The lowest BCUT2D eigenvalue weighted by Crippen LogP contribution is -2.35. The van der Waals surface area contributed by atoms with Gasteiger partial charge >= 0.3 is 0 Å². The van der Waals surface area contributed by atoms with Crippen molar-refractivity contribution in [3.05, 3.63) is 90.0 Å². The van der Waals surface area contributed by atoms with Gasteiger partial charge in [0.1, 0.15) is 6.04 Å². The van der Waals surface area contributed by atoms with E-state index in [2.05, 4.69) is 39.7 Å². The number of rotatable bonds is 3. The fourth-order valence-corrected chi connectivity index (χ4v) is 3.92. The summed E-state index contributed by atoms with van der Waals surface area (Å²) in [5, 5.41) is 12.7. The second-order valence-electron chi connectivity index (χ2n) is 7.48. The highest BCUT2D eigenvalue weighted by Gasteiger charge is 2.28. The minimum Gasteiger partial charge on any atom is -0.332 e. The molecule has 0 fully saturated rings. The number of hydrogen-bond donors (Lipinski definition) is 0. The van der Waals surface area contributed by atoms with E-state index in [1.54, 1.807) is 0 Å². The van der Waals surface area contributed by atoms with Gasteiger partial charge in [-0.3, -0.25) is 4.79 Å². The molecule has 1 aromatic heterocycles. The number of carbonyl (C=O) groups excluding carboxylic acids is 1. The van der Waals surface area contributed by atoms with Crippen molar-refractivity contribution in [3.63, 3.8) is 0 Å². The van der Waals surface area contributed by atoms with Crippen molar-refractivity contribution in [1.29, 1.82) is 0 Å². The van der Waals surface area contributed by atoms with Crippen LogP contribution in [-0.2, 0) is 17.9 Å². The molecule has 1 unspecified atom stereocenters. The second-order valence-corrected chi connectivity index (χ2v) is 7.48. The number of carbonyl (C=O) groups is 1. The van der Waals surface area contributed by atoms with Crippen LogP contribution in [0.15, 0.2) is 78.9 Å². The minimum atomic E-state index is -0.549. The highest BCUT2D eigenvalue weighted by Crippen LogP contribution is 2.33. The Morgan fingerprint density at radius 1 is 0.833 bits per heavy atom. The third kappa shape index (κ3) is 3.26. The van der Waals surface area contributed by atoms with E-state index in [0.717, 1.165) is 16.7 Å². The average Bonchev–Trinajstić information content (AvgIpc) is 3.23. The first-order valence-corrected chi connectivity index (χ1v) is 10.0. The van der Waals surface area contributed by atoms with Gasteiger partial charge in [0.05, 0.1) is 0 Å². The van der Waals surface area contributed by atoms with E-state index in [1.807, 2.05) is 66.4 Å². The summed E-state index contributed by atoms with van der Waals surface area (Å²) in [6.07, 6.45) is 0. The molecule has 2 heterocycles. The third-order valence-corrected chi connectivity index (χ3v) is 5.52. The fourth-order valence-electron chi connectivity index (χ4n) is 3.92. The molecule has 5 rings (SSSR count). The van der Waals surface area contributed by atoms with E-state index in [9.17, 15) is 4.79 Å². The summed E-state index contributed by atoms with van der Waals surface area (Å²) in [5.41, 5.74) is 5.52. The lowest BCUT2D eigenvalue weighted by atomic mass is 9.97. The number of aromatic nitrogens is 4. The van der Waals surface area contributed by atoms with Crippen LogP contribution in [0.4, 0.5) is 0 Å². The maximum Gasteiger partial charge on any atom is 0.249 e. The van der Waals surface area contributed by atoms with Crippen LogP contribution >= 0.6 is 0 Å². The van der Waals surface area contributed by atoms with Crippen LogP contribution in [0.25, 0.3) is 22.5 Å². The molecule has 0 saturated carbocycles. The number of hydrogen-bond acceptors (Lipinski definition) is 4. The molecule has 0 N–H and O–H groups in total. The Kier molecular flexibility index (Phi) is 4.59. The van der Waals surface area contributed by atoms with Gasteiger partial charge in [-0.15, -0.1) is 10.2 Å². The molecule has 1 aliphatic rings. The van der Waals surface area contributed by atoms with Gasteiger partial charge < -0.3 is 4.90 Å². The number of nitrogens with zero attached hydrogens (tertiary/aromatic N) is 5. The van der Waals surface area contributed by atoms with E-state index >= 15 is 0 Å². The van der Waals surface area contributed by atoms with Crippen molar-refractivity contribution in [2.45, 2.75) is 26.1 Å². The van der Waals surface area contributed by atoms with Crippen LogP contribution in [0.5, 0.6) is 0 Å². The molecular weight excluding hydrogens is 374 g/mol. The van der Waals surface area contributed by atoms with Crippen molar-refractivity contribution in [2.75, 3.05) is 0 Å². The zero-order valence-electron chi connectivity index (χ0n) is 16.6. The van der Waals surface area contributed by atoms with Crippen molar-refractivity contribution in [1.82, 2.24) is 25.1 Å². The van der Waals surface area contributed by atoms with Gasteiger partial charge in [-0.05, 0) is 34.4 Å². The Bertz CT molecular complexity index is 1150. The van der Waals surface area contributed by atoms with Crippen LogP contribution in [0.2, 0.25) is 0 Å². The van der Waals surface area contributed by atoms with Gasteiger partial charge in [0.25, 0.3) is 0 Å². The topological polar surface area (TPSA) is 63.9 Å². The monoisotopic (exact) mass is 395 g/mol. The predicted molar refractivity (Wildman–Crippen MR) is 114 cm³/mol. The molecule has 30 heavy (non-hydrogen) atoms. The lowest BCUT2D eigenvalue weighted by Gasteiger charge is -2.24.